The quantitative estimate of drug-likeness (QED) is 0.835. The van der Waals surface area contributed by atoms with Crippen LogP contribution in [0, 0.1) is 24.6 Å². The van der Waals surface area contributed by atoms with Crippen molar-refractivity contribution in [3.8, 4) is 0 Å². The Kier molecular flexibility index (Phi) is 3.76. The van der Waals surface area contributed by atoms with Gasteiger partial charge < -0.3 is 5.11 Å². The van der Waals surface area contributed by atoms with E-state index < -0.39 is 5.60 Å². The van der Waals surface area contributed by atoms with Crippen LogP contribution in [0.25, 0.3) is 0 Å². The Balaban J connectivity index is 2.20. The van der Waals surface area contributed by atoms with Gasteiger partial charge in [0, 0.05) is 0 Å². The van der Waals surface area contributed by atoms with E-state index in [4.69, 9.17) is 0 Å². The molecular formula is C16H23FO. The fourth-order valence-electron chi connectivity index (χ4n) is 3.15. The van der Waals surface area contributed by atoms with Crippen LogP contribution in [0.2, 0.25) is 0 Å². The molecule has 100 valence electrons. The molecule has 0 spiro atoms. The molecule has 1 aliphatic rings. The molecule has 0 aliphatic heterocycles. The zero-order chi connectivity index (χ0) is 13.3. The van der Waals surface area contributed by atoms with Gasteiger partial charge in [-0.2, -0.15) is 0 Å². The largest absolute Gasteiger partial charge is 0.385 e. The summed E-state index contributed by atoms with van der Waals surface area (Å²) in [4.78, 5) is 0. The molecule has 0 radical (unpaired) electrons. The van der Waals surface area contributed by atoms with Gasteiger partial charge in [0.05, 0.1) is 5.60 Å². The molecule has 1 aromatic carbocycles. The van der Waals surface area contributed by atoms with Gasteiger partial charge in [0.15, 0.2) is 0 Å². The molecule has 0 atom stereocenters. The van der Waals surface area contributed by atoms with E-state index >= 15 is 0 Å². The standard InChI is InChI=1S/C16H23FO/c1-11(2)13-6-8-16(18,9-7-13)15-10-14(17)5-4-12(15)3/h4-5,10-11,13,18H,6-9H2,1-3H3. The minimum Gasteiger partial charge on any atom is -0.385 e. The lowest BCUT2D eigenvalue weighted by atomic mass is 9.71. The third kappa shape index (κ3) is 2.59. The maximum absolute atomic E-state index is 13.4. The molecular weight excluding hydrogens is 227 g/mol. The summed E-state index contributed by atoms with van der Waals surface area (Å²) in [5.41, 5.74) is 0.948. The first-order chi connectivity index (χ1) is 8.42. The van der Waals surface area contributed by atoms with Crippen molar-refractivity contribution >= 4 is 0 Å². The highest BCUT2D eigenvalue weighted by molar-refractivity contribution is 5.32. The average molecular weight is 250 g/mol. The van der Waals surface area contributed by atoms with E-state index in [1.165, 1.54) is 12.1 Å². The lowest BCUT2D eigenvalue weighted by molar-refractivity contribution is -0.0206. The molecule has 0 saturated heterocycles. The first-order valence-electron chi connectivity index (χ1n) is 6.91. The summed E-state index contributed by atoms with van der Waals surface area (Å²) in [6.45, 7) is 6.42. The van der Waals surface area contributed by atoms with E-state index in [0.717, 1.165) is 36.8 Å². The predicted molar refractivity (Wildman–Crippen MR) is 71.8 cm³/mol. The molecule has 1 fully saturated rings. The van der Waals surface area contributed by atoms with E-state index in [-0.39, 0.29) is 5.82 Å². The first-order valence-corrected chi connectivity index (χ1v) is 6.91. The zero-order valence-corrected chi connectivity index (χ0v) is 11.5. The number of aryl methyl sites for hydroxylation is 1. The maximum Gasteiger partial charge on any atom is 0.123 e. The Morgan fingerprint density at radius 1 is 1.28 bits per heavy atom. The predicted octanol–water partition coefficient (Wildman–Crippen LogP) is 4.17. The van der Waals surface area contributed by atoms with Crippen molar-refractivity contribution in [2.45, 2.75) is 52.1 Å². The van der Waals surface area contributed by atoms with Crippen molar-refractivity contribution < 1.29 is 9.50 Å². The van der Waals surface area contributed by atoms with Crippen LogP contribution >= 0.6 is 0 Å². The molecule has 0 amide bonds. The lowest BCUT2D eigenvalue weighted by Crippen LogP contribution is -2.33. The Bertz CT molecular complexity index is 417. The number of halogens is 1. The molecule has 0 unspecified atom stereocenters. The number of hydrogen-bond acceptors (Lipinski definition) is 1. The van der Waals surface area contributed by atoms with Gasteiger partial charge in [0.2, 0.25) is 0 Å². The zero-order valence-electron chi connectivity index (χ0n) is 11.5. The Labute approximate surface area is 109 Å². The summed E-state index contributed by atoms with van der Waals surface area (Å²) < 4.78 is 13.4. The summed E-state index contributed by atoms with van der Waals surface area (Å²) in [6.07, 6.45) is 3.56. The van der Waals surface area contributed by atoms with Crippen molar-refractivity contribution in [1.82, 2.24) is 0 Å². The Hall–Kier alpha value is -0.890. The van der Waals surface area contributed by atoms with Gasteiger partial charge in [-0.25, -0.2) is 4.39 Å². The van der Waals surface area contributed by atoms with Gasteiger partial charge in [0.1, 0.15) is 5.82 Å². The summed E-state index contributed by atoms with van der Waals surface area (Å²) in [7, 11) is 0. The second-order valence-corrected chi connectivity index (χ2v) is 6.07. The van der Waals surface area contributed by atoms with Crippen LogP contribution in [-0.2, 0) is 5.60 Å². The summed E-state index contributed by atoms with van der Waals surface area (Å²) in [6, 6.07) is 4.73. The van der Waals surface area contributed by atoms with Crippen molar-refractivity contribution in [2.75, 3.05) is 0 Å². The van der Waals surface area contributed by atoms with E-state index in [9.17, 15) is 9.50 Å². The van der Waals surface area contributed by atoms with Gasteiger partial charge in [0.25, 0.3) is 0 Å². The molecule has 0 aromatic heterocycles. The minimum absolute atomic E-state index is 0.255. The number of hydrogen-bond donors (Lipinski definition) is 1. The van der Waals surface area contributed by atoms with Crippen molar-refractivity contribution in [3.05, 3.63) is 35.1 Å². The summed E-state index contributed by atoms with van der Waals surface area (Å²) >= 11 is 0. The monoisotopic (exact) mass is 250 g/mol. The van der Waals surface area contributed by atoms with Gasteiger partial charge in [-0.15, -0.1) is 0 Å². The fourth-order valence-corrected chi connectivity index (χ4v) is 3.15. The van der Waals surface area contributed by atoms with Crippen molar-refractivity contribution in [3.63, 3.8) is 0 Å². The molecule has 2 rings (SSSR count). The Morgan fingerprint density at radius 3 is 2.44 bits per heavy atom. The van der Waals surface area contributed by atoms with Gasteiger partial charge in [-0.1, -0.05) is 19.9 Å². The lowest BCUT2D eigenvalue weighted by Gasteiger charge is -2.38. The normalized spacial score (nSPS) is 28.7. The number of rotatable bonds is 2. The maximum atomic E-state index is 13.4. The highest BCUT2D eigenvalue weighted by Crippen LogP contribution is 2.42. The molecule has 1 aliphatic carbocycles. The number of aliphatic hydroxyl groups is 1. The SMILES string of the molecule is Cc1ccc(F)cc1C1(O)CCC(C(C)C)CC1. The van der Waals surface area contributed by atoms with Crippen molar-refractivity contribution in [1.29, 1.82) is 0 Å². The van der Waals surface area contributed by atoms with E-state index in [0.29, 0.717) is 11.8 Å². The van der Waals surface area contributed by atoms with Gasteiger partial charge >= 0.3 is 0 Å². The fraction of sp³-hybridized carbons (Fsp3) is 0.625. The van der Waals surface area contributed by atoms with Crippen LogP contribution in [0.3, 0.4) is 0 Å². The summed E-state index contributed by atoms with van der Waals surface area (Å²) in [5, 5.41) is 10.8. The highest BCUT2D eigenvalue weighted by Gasteiger charge is 2.36. The van der Waals surface area contributed by atoms with E-state index in [2.05, 4.69) is 13.8 Å². The summed E-state index contributed by atoms with van der Waals surface area (Å²) in [5.74, 6) is 1.11. The molecule has 2 heteroatoms. The van der Waals surface area contributed by atoms with Gasteiger partial charge in [-0.05, 0) is 67.7 Å². The average Bonchev–Trinajstić information content (AvgIpc) is 2.32. The van der Waals surface area contributed by atoms with E-state index in [1.54, 1.807) is 6.07 Å². The highest BCUT2D eigenvalue weighted by atomic mass is 19.1. The van der Waals surface area contributed by atoms with Crippen LogP contribution in [0.4, 0.5) is 4.39 Å². The van der Waals surface area contributed by atoms with Gasteiger partial charge in [-0.3, -0.25) is 0 Å². The van der Waals surface area contributed by atoms with Crippen LogP contribution in [0.5, 0.6) is 0 Å². The second-order valence-electron chi connectivity index (χ2n) is 6.07. The molecule has 1 N–H and O–H groups in total. The smallest absolute Gasteiger partial charge is 0.123 e. The molecule has 1 aromatic rings. The van der Waals surface area contributed by atoms with Crippen LogP contribution in [0.15, 0.2) is 18.2 Å². The van der Waals surface area contributed by atoms with Crippen molar-refractivity contribution in [2.24, 2.45) is 11.8 Å². The second kappa shape index (κ2) is 5.00. The molecule has 1 saturated carbocycles. The van der Waals surface area contributed by atoms with E-state index in [1.807, 2.05) is 6.92 Å². The molecule has 1 nitrogen and oxygen atoms in total. The van der Waals surface area contributed by atoms with Crippen LogP contribution < -0.4 is 0 Å². The third-order valence-corrected chi connectivity index (χ3v) is 4.50. The molecule has 0 bridgehead atoms. The number of benzene rings is 1. The minimum atomic E-state index is -0.822. The Morgan fingerprint density at radius 2 is 1.89 bits per heavy atom. The van der Waals surface area contributed by atoms with Crippen LogP contribution in [0.1, 0.15) is 50.7 Å². The molecule has 0 heterocycles. The molecule has 18 heavy (non-hydrogen) atoms. The topological polar surface area (TPSA) is 20.2 Å². The first kappa shape index (κ1) is 13.5. The van der Waals surface area contributed by atoms with Crippen LogP contribution in [-0.4, -0.2) is 5.11 Å². The third-order valence-electron chi connectivity index (χ3n) is 4.50.